The first-order chi connectivity index (χ1) is 8.68. The Morgan fingerprint density at radius 2 is 2.17 bits per heavy atom. The molecule has 2 N–H and O–H groups in total. The molecule has 0 spiro atoms. The predicted molar refractivity (Wildman–Crippen MR) is 63.8 cm³/mol. The van der Waals surface area contributed by atoms with Gasteiger partial charge in [-0.05, 0) is 12.8 Å². The summed E-state index contributed by atoms with van der Waals surface area (Å²) in [6, 6.07) is 0. The molecule has 3 rings (SSSR count). The molecule has 0 aromatic carbocycles. The van der Waals surface area contributed by atoms with Crippen LogP contribution in [0, 0.1) is 0 Å². The predicted octanol–water partition coefficient (Wildman–Crippen LogP) is 0.240. The number of nitrogens with one attached hydrogen (secondary N) is 1. The van der Waals surface area contributed by atoms with Gasteiger partial charge >= 0.3 is 0 Å². The zero-order chi connectivity index (χ0) is 12.7. The summed E-state index contributed by atoms with van der Waals surface area (Å²) in [5, 5.41) is 13.4. The van der Waals surface area contributed by atoms with Crippen molar-refractivity contribution >= 4 is 17.5 Å². The molecule has 2 aliphatic rings. The number of fused-ring (bicyclic) bond motifs is 1. The maximum absolute atomic E-state index is 12.2. The second-order valence-electron chi connectivity index (χ2n) is 4.47. The van der Waals surface area contributed by atoms with E-state index < -0.39 is 6.23 Å². The number of aromatic nitrogens is 2. The lowest BCUT2D eigenvalue weighted by molar-refractivity contribution is -0.0178. The quantitative estimate of drug-likeness (QED) is 0.714. The summed E-state index contributed by atoms with van der Waals surface area (Å²) >= 11 is 6.00. The molecule has 1 amide bonds. The number of carbonyl (C=O) groups is 1. The normalized spacial score (nSPS) is 31.6. The Labute approximate surface area is 109 Å². The zero-order valence-corrected chi connectivity index (χ0v) is 10.3. The average molecular weight is 269 g/mol. The molecular weight excluding hydrogens is 256 g/mol. The van der Waals surface area contributed by atoms with Gasteiger partial charge in [0.15, 0.2) is 11.9 Å². The van der Waals surface area contributed by atoms with Crippen molar-refractivity contribution in [1.29, 1.82) is 0 Å². The first-order valence-electron chi connectivity index (χ1n) is 5.87. The number of hydrogen-bond acceptors (Lipinski definition) is 5. The highest BCUT2D eigenvalue weighted by molar-refractivity contribution is 6.20. The topological polar surface area (TPSA) is 78.3 Å². The van der Waals surface area contributed by atoms with Crippen molar-refractivity contribution in [2.24, 2.45) is 0 Å². The van der Waals surface area contributed by atoms with Crippen LogP contribution in [0.4, 0.5) is 0 Å². The van der Waals surface area contributed by atoms with Crippen LogP contribution in [0.15, 0.2) is 12.4 Å². The number of alkyl halides is 1. The first-order valence-corrected chi connectivity index (χ1v) is 6.31. The number of piperidine rings is 1. The van der Waals surface area contributed by atoms with Gasteiger partial charge in [0.25, 0.3) is 5.91 Å². The molecule has 0 aliphatic carbocycles. The van der Waals surface area contributed by atoms with Crippen molar-refractivity contribution in [3.05, 3.63) is 23.8 Å². The second kappa shape index (κ2) is 4.46. The molecule has 1 saturated heterocycles. The molecule has 18 heavy (non-hydrogen) atoms. The van der Waals surface area contributed by atoms with E-state index in [4.69, 9.17) is 11.6 Å². The summed E-state index contributed by atoms with van der Waals surface area (Å²) in [4.78, 5) is 21.6. The number of rotatable bonds is 1. The maximum atomic E-state index is 12.2. The van der Waals surface area contributed by atoms with Gasteiger partial charge in [0.2, 0.25) is 0 Å². The van der Waals surface area contributed by atoms with Crippen LogP contribution in [0.1, 0.15) is 35.3 Å². The maximum Gasteiger partial charge on any atom is 0.278 e. The number of hydrogen-bond donors (Lipinski definition) is 2. The van der Waals surface area contributed by atoms with Crippen molar-refractivity contribution in [1.82, 2.24) is 20.2 Å². The molecule has 6 nitrogen and oxygen atoms in total. The summed E-state index contributed by atoms with van der Waals surface area (Å²) in [5.74, 6) is -0.281. The van der Waals surface area contributed by atoms with Crippen molar-refractivity contribution < 1.29 is 9.90 Å². The summed E-state index contributed by atoms with van der Waals surface area (Å²) in [6.45, 7) is 0.625. The van der Waals surface area contributed by atoms with Crippen LogP contribution in [-0.2, 0) is 0 Å². The van der Waals surface area contributed by atoms with Gasteiger partial charge in [0.1, 0.15) is 5.69 Å². The van der Waals surface area contributed by atoms with E-state index in [-0.39, 0.29) is 23.1 Å². The minimum atomic E-state index is -1.02. The highest BCUT2D eigenvalue weighted by Crippen LogP contribution is 2.32. The second-order valence-corrected chi connectivity index (χ2v) is 5.09. The van der Waals surface area contributed by atoms with Crippen molar-refractivity contribution in [3.8, 4) is 0 Å². The first kappa shape index (κ1) is 11.8. The molecule has 96 valence electrons. The number of amides is 1. The van der Waals surface area contributed by atoms with Crippen LogP contribution in [0.3, 0.4) is 0 Å². The summed E-state index contributed by atoms with van der Waals surface area (Å²) in [7, 11) is 0. The number of nitrogens with zero attached hydrogens (tertiary/aromatic N) is 3. The third-order valence-electron chi connectivity index (χ3n) is 3.34. The van der Waals surface area contributed by atoms with Crippen molar-refractivity contribution in [2.75, 3.05) is 6.54 Å². The number of halogens is 1. The molecule has 0 unspecified atom stereocenters. The van der Waals surface area contributed by atoms with E-state index in [0.29, 0.717) is 18.7 Å². The highest BCUT2D eigenvalue weighted by atomic mass is 35.5. The number of carbonyl (C=O) groups excluding carboxylic acids is 1. The van der Waals surface area contributed by atoms with E-state index in [1.54, 1.807) is 0 Å². The van der Waals surface area contributed by atoms with E-state index in [9.17, 15) is 9.90 Å². The zero-order valence-electron chi connectivity index (χ0n) is 9.58. The van der Waals surface area contributed by atoms with Gasteiger partial charge in [0.05, 0.1) is 6.17 Å². The third-order valence-corrected chi connectivity index (χ3v) is 3.71. The van der Waals surface area contributed by atoms with Crippen LogP contribution in [-0.4, -0.2) is 44.0 Å². The number of aliphatic hydroxyl groups is 1. The molecule has 1 aromatic rings. The Hall–Kier alpha value is -1.24. The molecular formula is C11H13ClN4O2. The lowest BCUT2D eigenvalue weighted by Gasteiger charge is -2.35. The summed E-state index contributed by atoms with van der Waals surface area (Å²) in [6.07, 6.45) is 3.22. The third kappa shape index (κ3) is 1.77. The van der Waals surface area contributed by atoms with Gasteiger partial charge in [-0.2, -0.15) is 0 Å². The van der Waals surface area contributed by atoms with Gasteiger partial charge in [-0.15, -0.1) is 11.6 Å². The van der Waals surface area contributed by atoms with Gasteiger partial charge in [0, 0.05) is 24.3 Å². The fraction of sp³-hybridized carbons (Fsp3) is 0.545. The largest absolute Gasteiger partial charge is 0.368 e. The van der Waals surface area contributed by atoms with Gasteiger partial charge < -0.3 is 5.11 Å². The van der Waals surface area contributed by atoms with E-state index >= 15 is 0 Å². The highest BCUT2D eigenvalue weighted by Gasteiger charge is 2.42. The van der Waals surface area contributed by atoms with Gasteiger partial charge in [-0.3, -0.25) is 20.0 Å². The van der Waals surface area contributed by atoms with Crippen molar-refractivity contribution in [2.45, 2.75) is 30.6 Å². The van der Waals surface area contributed by atoms with E-state index in [1.807, 2.05) is 0 Å². The molecule has 3 heterocycles. The minimum Gasteiger partial charge on any atom is -0.368 e. The molecule has 2 aliphatic heterocycles. The Balaban J connectivity index is 1.85. The van der Waals surface area contributed by atoms with Crippen LogP contribution in [0.25, 0.3) is 0 Å². The van der Waals surface area contributed by atoms with Crippen LogP contribution in [0.2, 0.25) is 0 Å². The summed E-state index contributed by atoms with van der Waals surface area (Å²) in [5.41, 5.74) is 0.567. The standard InChI is InChI=1S/C11H13ClN4O2/c12-6-1-2-7(15-5-6)16-10(17)8-9(11(16)18)14-4-3-13-8/h3-4,6-7,10,15,17H,1-2,5H2/t6-,7-,10+/m0/s1. The molecule has 3 atom stereocenters. The number of aliphatic hydroxyl groups excluding tert-OH is 1. The average Bonchev–Trinajstić information content (AvgIpc) is 2.64. The molecule has 1 fully saturated rings. The molecule has 1 aromatic heterocycles. The molecule has 0 bridgehead atoms. The Morgan fingerprint density at radius 1 is 1.39 bits per heavy atom. The van der Waals surface area contributed by atoms with E-state index in [1.165, 1.54) is 17.3 Å². The Bertz CT molecular complexity index is 476. The van der Waals surface area contributed by atoms with Crippen LogP contribution >= 0.6 is 11.6 Å². The lowest BCUT2D eigenvalue weighted by Crippen LogP contribution is -2.52. The molecule has 0 radical (unpaired) electrons. The van der Waals surface area contributed by atoms with E-state index in [2.05, 4.69) is 15.3 Å². The fourth-order valence-electron chi connectivity index (χ4n) is 2.42. The van der Waals surface area contributed by atoms with Crippen LogP contribution in [0.5, 0.6) is 0 Å². The lowest BCUT2D eigenvalue weighted by atomic mass is 10.1. The smallest absolute Gasteiger partial charge is 0.278 e. The van der Waals surface area contributed by atoms with Crippen LogP contribution < -0.4 is 5.32 Å². The van der Waals surface area contributed by atoms with Crippen molar-refractivity contribution in [3.63, 3.8) is 0 Å². The molecule has 0 saturated carbocycles. The van der Waals surface area contributed by atoms with Gasteiger partial charge in [-0.25, -0.2) is 4.98 Å². The Morgan fingerprint density at radius 3 is 2.83 bits per heavy atom. The Kier molecular flexibility index (Phi) is 2.93. The fourth-order valence-corrected chi connectivity index (χ4v) is 2.64. The monoisotopic (exact) mass is 268 g/mol. The molecule has 7 heteroatoms. The minimum absolute atomic E-state index is 0.0784. The van der Waals surface area contributed by atoms with E-state index in [0.717, 1.165) is 6.42 Å². The van der Waals surface area contributed by atoms with Gasteiger partial charge in [-0.1, -0.05) is 0 Å². The summed E-state index contributed by atoms with van der Waals surface area (Å²) < 4.78 is 0. The SMILES string of the molecule is O=C1c2nccnc2[C@@H](O)N1[C@H]1CC[C@H](Cl)CN1.